The summed E-state index contributed by atoms with van der Waals surface area (Å²) in [6.45, 7) is 0. The predicted octanol–water partition coefficient (Wildman–Crippen LogP) is 2.97. The van der Waals surface area contributed by atoms with Crippen molar-refractivity contribution in [3.05, 3.63) is 22.8 Å². The maximum absolute atomic E-state index is 11.9. The maximum Gasteiger partial charge on any atom is 0.320 e. The van der Waals surface area contributed by atoms with Gasteiger partial charge in [-0.15, -0.1) is 0 Å². The third-order valence-corrected chi connectivity index (χ3v) is 5.71. The second-order valence-corrected chi connectivity index (χ2v) is 8.75. The molecule has 0 saturated carbocycles. The molecule has 0 fully saturated rings. The molecule has 1 aromatic rings. The molecule has 21 heavy (non-hydrogen) atoms. The average Bonchev–Trinajstić information content (AvgIpc) is 2.38. The topological polar surface area (TPSA) is 92.4 Å². The van der Waals surface area contributed by atoms with Crippen LogP contribution in [0, 0.1) is 10.7 Å². The van der Waals surface area contributed by atoms with Crippen LogP contribution < -0.4 is 11.1 Å². The molecule has 1 atom stereocenters. The van der Waals surface area contributed by atoms with Gasteiger partial charge in [0, 0.05) is 10.7 Å². The van der Waals surface area contributed by atoms with E-state index in [1.807, 2.05) is 12.1 Å². The van der Waals surface area contributed by atoms with Gasteiger partial charge in [0.05, 0.1) is 11.4 Å². The van der Waals surface area contributed by atoms with Gasteiger partial charge in [0.1, 0.15) is 6.04 Å². The molecule has 0 radical (unpaired) electrons. The van der Waals surface area contributed by atoms with E-state index in [9.17, 15) is 9.59 Å². The number of carboxylic acid groups (broad SMARTS) is 1. The van der Waals surface area contributed by atoms with Crippen LogP contribution in [0.4, 0.5) is 5.69 Å². The summed E-state index contributed by atoms with van der Waals surface area (Å²) in [4.78, 5) is 22.4. The second-order valence-electron chi connectivity index (χ2n) is 4.08. The largest absolute Gasteiger partial charge is 0.480 e. The van der Waals surface area contributed by atoms with Gasteiger partial charge in [0.2, 0.25) is 5.91 Å². The van der Waals surface area contributed by atoms with Crippen molar-refractivity contribution in [3.63, 3.8) is 0 Å². The summed E-state index contributed by atoms with van der Waals surface area (Å²) in [6.07, 6.45) is 0.353. The molecule has 0 aliphatic heterocycles. The zero-order valence-electron chi connectivity index (χ0n) is 10.7. The number of nitrogens with two attached hydrogens (primary N) is 1. The summed E-state index contributed by atoms with van der Waals surface area (Å²) >= 11 is 8.00. The minimum absolute atomic E-state index is 0.0964. The van der Waals surface area contributed by atoms with E-state index in [0.29, 0.717) is 12.2 Å². The van der Waals surface area contributed by atoms with E-state index in [2.05, 4.69) is 73.1 Å². The van der Waals surface area contributed by atoms with E-state index in [4.69, 9.17) is 10.8 Å². The molecule has 0 heterocycles. The van der Waals surface area contributed by atoms with Crippen molar-refractivity contribution in [3.8, 4) is 0 Å². The van der Waals surface area contributed by atoms with Gasteiger partial charge in [-0.2, -0.15) is 11.8 Å². The van der Waals surface area contributed by atoms with Crippen LogP contribution in [0.15, 0.2) is 12.1 Å². The van der Waals surface area contributed by atoms with Crippen LogP contribution >= 0.6 is 79.5 Å². The van der Waals surface area contributed by atoms with Crippen LogP contribution in [-0.2, 0) is 9.59 Å². The zero-order valence-corrected chi connectivity index (χ0v) is 18.0. The first-order valence-corrected chi connectivity index (χ1v) is 10.2. The van der Waals surface area contributed by atoms with Crippen molar-refractivity contribution in [2.24, 2.45) is 5.73 Å². The molecule has 1 amide bonds. The Labute approximate surface area is 168 Å². The molecule has 4 N–H and O–H groups in total. The third-order valence-electron chi connectivity index (χ3n) is 2.39. The first kappa shape index (κ1) is 19.7. The highest BCUT2D eigenvalue weighted by Crippen LogP contribution is 2.27. The molecule has 0 spiro atoms. The van der Waals surface area contributed by atoms with Gasteiger partial charge >= 0.3 is 5.97 Å². The van der Waals surface area contributed by atoms with Crippen molar-refractivity contribution in [1.29, 1.82) is 0 Å². The molecule has 116 valence electrons. The van der Waals surface area contributed by atoms with Crippen LogP contribution in [-0.4, -0.2) is 34.5 Å². The van der Waals surface area contributed by atoms with Gasteiger partial charge in [0.15, 0.2) is 0 Å². The normalized spacial score (nSPS) is 12.0. The SMILES string of the molecule is NC(CCSCC(=O)Nc1c(I)cc(I)cc1I)C(=O)O. The van der Waals surface area contributed by atoms with Crippen LogP contribution in [0.1, 0.15) is 6.42 Å². The Morgan fingerprint density at radius 2 is 1.86 bits per heavy atom. The highest BCUT2D eigenvalue weighted by Gasteiger charge is 2.13. The lowest BCUT2D eigenvalue weighted by Crippen LogP contribution is -2.30. The molecule has 0 aliphatic rings. The summed E-state index contributed by atoms with van der Waals surface area (Å²) in [5, 5.41) is 11.5. The molecule has 0 saturated heterocycles. The molecule has 0 bridgehead atoms. The molecule has 1 unspecified atom stereocenters. The predicted molar refractivity (Wildman–Crippen MR) is 111 cm³/mol. The molecule has 5 nitrogen and oxygen atoms in total. The lowest BCUT2D eigenvalue weighted by Gasteiger charge is -2.11. The number of hydrogen-bond acceptors (Lipinski definition) is 4. The number of anilines is 1. The van der Waals surface area contributed by atoms with Crippen LogP contribution in [0.25, 0.3) is 0 Å². The van der Waals surface area contributed by atoms with Crippen LogP contribution in [0.2, 0.25) is 0 Å². The van der Waals surface area contributed by atoms with Gasteiger partial charge in [-0.1, -0.05) is 0 Å². The second kappa shape index (κ2) is 9.72. The van der Waals surface area contributed by atoms with Gasteiger partial charge in [-0.05, 0) is 92.1 Å². The third kappa shape index (κ3) is 7.18. The number of carbonyl (C=O) groups excluding carboxylic acids is 1. The standard InChI is InChI=1S/C12H13I3N2O3S/c13-6-3-7(14)11(8(15)4-6)17-10(18)5-21-2-1-9(16)12(19)20/h3-4,9H,1-2,5,16H2,(H,17,18)(H,19,20). The Morgan fingerprint density at radius 1 is 1.29 bits per heavy atom. The monoisotopic (exact) mass is 646 g/mol. The Morgan fingerprint density at radius 3 is 2.38 bits per heavy atom. The van der Waals surface area contributed by atoms with Crippen LogP contribution in [0.5, 0.6) is 0 Å². The van der Waals surface area contributed by atoms with Crippen molar-refractivity contribution in [2.75, 3.05) is 16.8 Å². The van der Waals surface area contributed by atoms with Crippen LogP contribution in [0.3, 0.4) is 0 Å². The fourth-order valence-corrected chi connectivity index (χ4v) is 6.01. The molecular formula is C12H13I3N2O3S. The fraction of sp³-hybridized carbons (Fsp3) is 0.333. The van der Waals surface area contributed by atoms with E-state index in [-0.39, 0.29) is 11.7 Å². The summed E-state index contributed by atoms with van der Waals surface area (Å²) < 4.78 is 3.11. The minimum atomic E-state index is -1.01. The lowest BCUT2D eigenvalue weighted by molar-refractivity contribution is -0.138. The first-order chi connectivity index (χ1) is 9.81. The Bertz CT molecular complexity index is 519. The average molecular weight is 646 g/mol. The fourth-order valence-electron chi connectivity index (χ4n) is 1.34. The van der Waals surface area contributed by atoms with Gasteiger partial charge in [-0.25, -0.2) is 0 Å². The number of rotatable bonds is 7. The number of amides is 1. The number of hydrogen-bond donors (Lipinski definition) is 3. The summed E-state index contributed by atoms with van der Waals surface area (Å²) in [5.74, 6) is -0.282. The van der Waals surface area contributed by atoms with E-state index in [0.717, 1.165) is 16.4 Å². The van der Waals surface area contributed by atoms with Gasteiger partial charge in [0.25, 0.3) is 0 Å². The number of carbonyl (C=O) groups is 2. The number of halogens is 3. The maximum atomic E-state index is 11.9. The van der Waals surface area contributed by atoms with Crippen molar-refractivity contribution in [2.45, 2.75) is 12.5 Å². The molecular weight excluding hydrogens is 633 g/mol. The Hall–Kier alpha value is 0.660. The van der Waals surface area contributed by atoms with E-state index in [1.54, 1.807) is 0 Å². The number of aliphatic carboxylic acids is 1. The summed E-state index contributed by atoms with van der Waals surface area (Å²) in [5.41, 5.74) is 6.22. The minimum Gasteiger partial charge on any atom is -0.480 e. The summed E-state index contributed by atoms with van der Waals surface area (Å²) in [6, 6.07) is 3.13. The molecule has 1 aromatic carbocycles. The van der Waals surface area contributed by atoms with Gasteiger partial charge < -0.3 is 16.2 Å². The molecule has 9 heteroatoms. The van der Waals surface area contributed by atoms with Crippen molar-refractivity contribution >= 4 is 97.1 Å². The number of carboxylic acids is 1. The highest BCUT2D eigenvalue weighted by molar-refractivity contribution is 14.1. The summed E-state index contributed by atoms with van der Waals surface area (Å²) in [7, 11) is 0. The Kier molecular flexibility index (Phi) is 9.12. The Balaban J connectivity index is 2.43. The molecule has 0 aromatic heterocycles. The number of nitrogens with one attached hydrogen (secondary N) is 1. The van der Waals surface area contributed by atoms with Crippen molar-refractivity contribution in [1.82, 2.24) is 0 Å². The lowest BCUT2D eigenvalue weighted by atomic mass is 10.2. The zero-order chi connectivity index (χ0) is 16.0. The van der Waals surface area contributed by atoms with Crippen molar-refractivity contribution < 1.29 is 14.7 Å². The highest BCUT2D eigenvalue weighted by atomic mass is 127. The van der Waals surface area contributed by atoms with E-state index in [1.165, 1.54) is 11.8 Å². The quantitative estimate of drug-likeness (QED) is 0.314. The van der Waals surface area contributed by atoms with E-state index < -0.39 is 12.0 Å². The number of benzene rings is 1. The smallest absolute Gasteiger partial charge is 0.320 e. The van der Waals surface area contributed by atoms with E-state index >= 15 is 0 Å². The molecule has 1 rings (SSSR count). The number of thioether (sulfide) groups is 1. The molecule has 0 aliphatic carbocycles. The van der Waals surface area contributed by atoms with Gasteiger partial charge in [-0.3, -0.25) is 9.59 Å². The first-order valence-electron chi connectivity index (χ1n) is 5.81.